The molecule has 4 heteroatoms. The van der Waals surface area contributed by atoms with Crippen molar-refractivity contribution in [1.29, 1.82) is 0 Å². The predicted octanol–water partition coefficient (Wildman–Crippen LogP) is 2.05. The first-order valence-electron chi connectivity index (χ1n) is 5.70. The second-order valence-corrected chi connectivity index (χ2v) is 6.10. The zero-order valence-corrected chi connectivity index (χ0v) is 10.0. The van der Waals surface area contributed by atoms with Crippen molar-refractivity contribution in [1.82, 2.24) is 4.72 Å². The van der Waals surface area contributed by atoms with Gasteiger partial charge in [-0.15, -0.1) is 0 Å². The number of rotatable bonds is 4. The molecule has 0 heterocycles. The molecule has 1 aromatic rings. The molecule has 0 spiro atoms. The van der Waals surface area contributed by atoms with Gasteiger partial charge >= 0.3 is 0 Å². The summed E-state index contributed by atoms with van der Waals surface area (Å²) in [6, 6.07) is 9.46. The molecule has 1 saturated carbocycles. The van der Waals surface area contributed by atoms with Crippen molar-refractivity contribution in [2.45, 2.75) is 37.5 Å². The van der Waals surface area contributed by atoms with Crippen LogP contribution in [0.5, 0.6) is 0 Å². The van der Waals surface area contributed by atoms with Crippen LogP contribution in [0.25, 0.3) is 0 Å². The summed E-state index contributed by atoms with van der Waals surface area (Å²) in [4.78, 5) is 0. The van der Waals surface area contributed by atoms with Gasteiger partial charge in [0.15, 0.2) is 0 Å². The molecule has 0 unspecified atom stereocenters. The van der Waals surface area contributed by atoms with E-state index in [9.17, 15) is 8.42 Å². The lowest BCUT2D eigenvalue weighted by Crippen LogP contribution is -2.33. The molecule has 0 bridgehead atoms. The molecule has 0 saturated heterocycles. The van der Waals surface area contributed by atoms with E-state index in [1.165, 1.54) is 0 Å². The topological polar surface area (TPSA) is 46.2 Å². The standard InChI is InChI=1S/C12H17NO2S/c14-16(15,13-12-8-4-5-9-12)10-11-6-2-1-3-7-11/h1-3,6-7,12-13H,4-5,8-10H2. The molecular formula is C12H17NO2S. The maximum absolute atomic E-state index is 11.8. The van der Waals surface area contributed by atoms with Gasteiger partial charge in [-0.05, 0) is 18.4 Å². The van der Waals surface area contributed by atoms with Crippen LogP contribution in [0.3, 0.4) is 0 Å². The lowest BCUT2D eigenvalue weighted by molar-refractivity contribution is 0.551. The van der Waals surface area contributed by atoms with Gasteiger partial charge in [0.05, 0.1) is 5.75 Å². The van der Waals surface area contributed by atoms with Crippen molar-refractivity contribution in [3.63, 3.8) is 0 Å². The molecule has 88 valence electrons. The number of nitrogens with one attached hydrogen (secondary N) is 1. The minimum absolute atomic E-state index is 0.0876. The molecule has 0 atom stereocenters. The second-order valence-electron chi connectivity index (χ2n) is 4.34. The Kier molecular flexibility index (Phi) is 3.61. The first-order valence-corrected chi connectivity index (χ1v) is 7.35. The Morgan fingerprint density at radius 2 is 1.75 bits per heavy atom. The largest absolute Gasteiger partial charge is 0.216 e. The van der Waals surface area contributed by atoms with Gasteiger partial charge in [-0.1, -0.05) is 43.2 Å². The number of hydrogen-bond acceptors (Lipinski definition) is 2. The summed E-state index contributed by atoms with van der Waals surface area (Å²) < 4.78 is 26.5. The van der Waals surface area contributed by atoms with Crippen LogP contribution in [-0.2, 0) is 15.8 Å². The van der Waals surface area contributed by atoms with Crippen LogP contribution in [0.2, 0.25) is 0 Å². The summed E-state index contributed by atoms with van der Waals surface area (Å²) in [5, 5.41) is 0. The van der Waals surface area contributed by atoms with Crippen molar-refractivity contribution in [3.8, 4) is 0 Å². The Morgan fingerprint density at radius 3 is 2.38 bits per heavy atom. The van der Waals surface area contributed by atoms with E-state index >= 15 is 0 Å². The van der Waals surface area contributed by atoms with E-state index in [-0.39, 0.29) is 11.8 Å². The van der Waals surface area contributed by atoms with Crippen LogP contribution < -0.4 is 4.72 Å². The van der Waals surface area contributed by atoms with Crippen molar-refractivity contribution >= 4 is 10.0 Å². The van der Waals surface area contributed by atoms with Gasteiger partial charge in [0, 0.05) is 6.04 Å². The fraction of sp³-hybridized carbons (Fsp3) is 0.500. The molecule has 1 aromatic carbocycles. The molecule has 2 rings (SSSR count). The monoisotopic (exact) mass is 239 g/mol. The first-order chi connectivity index (χ1) is 7.66. The third-order valence-corrected chi connectivity index (χ3v) is 4.31. The van der Waals surface area contributed by atoms with Crippen LogP contribution in [0.15, 0.2) is 30.3 Å². The third kappa shape index (κ3) is 3.32. The molecule has 1 aliphatic rings. The summed E-state index contributed by atoms with van der Waals surface area (Å²) in [7, 11) is -3.17. The average molecular weight is 239 g/mol. The summed E-state index contributed by atoms with van der Waals surface area (Å²) in [6.45, 7) is 0. The summed E-state index contributed by atoms with van der Waals surface area (Å²) in [6.07, 6.45) is 4.24. The van der Waals surface area contributed by atoms with Gasteiger partial charge in [-0.25, -0.2) is 13.1 Å². The fourth-order valence-corrected chi connectivity index (χ4v) is 3.59. The molecule has 1 aliphatic carbocycles. The highest BCUT2D eigenvalue weighted by molar-refractivity contribution is 7.88. The molecular weight excluding hydrogens is 222 g/mol. The molecule has 0 amide bonds. The predicted molar refractivity (Wildman–Crippen MR) is 64.5 cm³/mol. The maximum Gasteiger partial charge on any atom is 0.216 e. The van der Waals surface area contributed by atoms with E-state index in [0.29, 0.717) is 0 Å². The van der Waals surface area contributed by atoms with Gasteiger partial charge in [-0.3, -0.25) is 0 Å². The highest BCUT2D eigenvalue weighted by Gasteiger charge is 2.21. The van der Waals surface area contributed by atoms with E-state index in [4.69, 9.17) is 0 Å². The minimum atomic E-state index is -3.17. The van der Waals surface area contributed by atoms with Gasteiger partial charge in [0.25, 0.3) is 0 Å². The number of sulfonamides is 1. The van der Waals surface area contributed by atoms with Gasteiger partial charge in [-0.2, -0.15) is 0 Å². The lowest BCUT2D eigenvalue weighted by Gasteiger charge is -2.12. The van der Waals surface area contributed by atoms with Crippen LogP contribution >= 0.6 is 0 Å². The normalized spacial score (nSPS) is 17.8. The average Bonchev–Trinajstić information content (AvgIpc) is 2.70. The molecule has 0 radical (unpaired) electrons. The van der Waals surface area contributed by atoms with Gasteiger partial charge in [0.1, 0.15) is 0 Å². The zero-order chi connectivity index (χ0) is 11.4. The Bertz CT molecular complexity index is 422. The summed E-state index contributed by atoms with van der Waals surface area (Å²) >= 11 is 0. The summed E-state index contributed by atoms with van der Waals surface area (Å²) in [5.41, 5.74) is 0.841. The van der Waals surface area contributed by atoms with Crippen LogP contribution in [0.1, 0.15) is 31.2 Å². The van der Waals surface area contributed by atoms with E-state index in [1.54, 1.807) is 0 Å². The fourth-order valence-electron chi connectivity index (χ4n) is 2.13. The second kappa shape index (κ2) is 4.97. The van der Waals surface area contributed by atoms with Crippen molar-refractivity contribution < 1.29 is 8.42 Å². The van der Waals surface area contributed by atoms with E-state index in [0.717, 1.165) is 31.2 Å². The highest BCUT2D eigenvalue weighted by Crippen LogP contribution is 2.19. The molecule has 16 heavy (non-hydrogen) atoms. The maximum atomic E-state index is 11.8. The van der Waals surface area contributed by atoms with Crippen molar-refractivity contribution in [2.75, 3.05) is 0 Å². The number of hydrogen-bond donors (Lipinski definition) is 1. The Hall–Kier alpha value is -0.870. The minimum Gasteiger partial charge on any atom is -0.212 e. The SMILES string of the molecule is O=S(=O)(Cc1ccccc1)NC1CCCC1. The molecule has 3 nitrogen and oxygen atoms in total. The summed E-state index contributed by atoms with van der Waals surface area (Å²) in [5.74, 6) is 0.0876. The molecule has 0 aliphatic heterocycles. The quantitative estimate of drug-likeness (QED) is 0.874. The van der Waals surface area contributed by atoms with E-state index in [1.807, 2.05) is 30.3 Å². The van der Waals surface area contributed by atoms with Crippen LogP contribution in [-0.4, -0.2) is 14.5 Å². The number of benzene rings is 1. The van der Waals surface area contributed by atoms with E-state index in [2.05, 4.69) is 4.72 Å². The molecule has 1 fully saturated rings. The third-order valence-electron chi connectivity index (χ3n) is 2.90. The highest BCUT2D eigenvalue weighted by atomic mass is 32.2. The van der Waals surface area contributed by atoms with Gasteiger partial charge < -0.3 is 0 Å². The van der Waals surface area contributed by atoms with Crippen LogP contribution in [0.4, 0.5) is 0 Å². The van der Waals surface area contributed by atoms with Crippen molar-refractivity contribution in [3.05, 3.63) is 35.9 Å². The zero-order valence-electron chi connectivity index (χ0n) is 9.22. The van der Waals surface area contributed by atoms with E-state index < -0.39 is 10.0 Å². The Balaban J connectivity index is 1.97. The lowest BCUT2D eigenvalue weighted by atomic mass is 10.2. The van der Waals surface area contributed by atoms with Crippen molar-refractivity contribution in [2.24, 2.45) is 0 Å². The smallest absolute Gasteiger partial charge is 0.212 e. The Morgan fingerprint density at radius 1 is 1.12 bits per heavy atom. The Labute approximate surface area is 96.9 Å². The first kappa shape index (κ1) is 11.6. The molecule has 0 aromatic heterocycles. The van der Waals surface area contributed by atoms with Crippen LogP contribution in [0, 0.1) is 0 Å². The van der Waals surface area contributed by atoms with Gasteiger partial charge in [0.2, 0.25) is 10.0 Å². The molecule has 1 N–H and O–H groups in total.